The van der Waals surface area contributed by atoms with Gasteiger partial charge >= 0.3 is 0 Å². The van der Waals surface area contributed by atoms with Gasteiger partial charge in [0.15, 0.2) is 5.11 Å². The van der Waals surface area contributed by atoms with Gasteiger partial charge in [0.05, 0.1) is 35.6 Å². The van der Waals surface area contributed by atoms with Gasteiger partial charge in [0, 0.05) is 23.3 Å². The van der Waals surface area contributed by atoms with Gasteiger partial charge < -0.3 is 19.5 Å². The number of ether oxygens (including phenoxy) is 1. The number of pyridine rings is 1. The Morgan fingerprint density at radius 1 is 1.05 bits per heavy atom. The van der Waals surface area contributed by atoms with Gasteiger partial charge in [-0.3, -0.25) is 4.98 Å². The average Bonchev–Trinajstić information content (AvgIpc) is 3.39. The molecule has 0 bridgehead atoms. The molecule has 1 aliphatic rings. The van der Waals surface area contributed by atoms with Crippen molar-refractivity contribution >= 4 is 34.6 Å². The first-order chi connectivity index (χ1) is 17.8. The number of rotatable bonds is 6. The van der Waals surface area contributed by atoms with Crippen LogP contribution in [0.15, 0.2) is 66.9 Å². The maximum atomic E-state index is 6.56. The topological polar surface area (TPSA) is 42.3 Å². The molecule has 0 aliphatic carbocycles. The monoisotopic (exact) mass is 530 g/mol. The van der Waals surface area contributed by atoms with Gasteiger partial charge in [-0.25, -0.2) is 0 Å². The van der Waals surface area contributed by atoms with Gasteiger partial charge in [-0.2, -0.15) is 0 Å². The molecule has 0 radical (unpaired) electrons. The van der Waals surface area contributed by atoms with Gasteiger partial charge in [-0.1, -0.05) is 42.8 Å². The molecule has 0 saturated carbocycles. The third-order valence-corrected chi connectivity index (χ3v) is 7.84. The summed E-state index contributed by atoms with van der Waals surface area (Å²) in [5.74, 6) is 0.631. The third-order valence-electron chi connectivity index (χ3n) is 7.23. The molecule has 3 heterocycles. The second kappa shape index (κ2) is 10.2. The molecular formula is C30H31ClN4OS. The smallest absolute Gasteiger partial charge is 0.174 e. The molecule has 5 rings (SSSR count). The van der Waals surface area contributed by atoms with Crippen LogP contribution in [0.25, 0.3) is 5.69 Å². The lowest BCUT2D eigenvalue weighted by Crippen LogP contribution is -2.29. The third kappa shape index (κ3) is 4.38. The molecule has 5 nitrogen and oxygen atoms in total. The van der Waals surface area contributed by atoms with E-state index in [2.05, 4.69) is 66.7 Å². The zero-order valence-electron chi connectivity index (χ0n) is 21.7. The lowest BCUT2D eigenvalue weighted by molar-refractivity contribution is 0.415. The molecule has 1 saturated heterocycles. The van der Waals surface area contributed by atoms with Crippen molar-refractivity contribution in [2.45, 2.75) is 46.2 Å². The number of aryl methyl sites for hydroxylation is 3. The fraction of sp³-hybridized carbons (Fsp3) is 0.267. The zero-order chi connectivity index (χ0) is 26.3. The summed E-state index contributed by atoms with van der Waals surface area (Å²) < 4.78 is 7.79. The van der Waals surface area contributed by atoms with E-state index in [-0.39, 0.29) is 12.1 Å². The minimum atomic E-state index is -0.133. The Hall–Kier alpha value is -3.35. The van der Waals surface area contributed by atoms with Crippen molar-refractivity contribution in [1.82, 2.24) is 14.9 Å². The molecule has 37 heavy (non-hydrogen) atoms. The minimum absolute atomic E-state index is 0.124. The van der Waals surface area contributed by atoms with Crippen LogP contribution >= 0.6 is 23.8 Å². The zero-order valence-corrected chi connectivity index (χ0v) is 23.3. The molecular weight excluding hydrogens is 500 g/mol. The van der Waals surface area contributed by atoms with Crippen LogP contribution in [0, 0.1) is 20.8 Å². The number of nitrogens with zero attached hydrogens (tertiary/aromatic N) is 3. The Bertz CT molecular complexity index is 1470. The Labute approximate surface area is 229 Å². The number of para-hydroxylation sites is 1. The molecule has 4 aromatic rings. The minimum Gasteiger partial charge on any atom is -0.495 e. The number of thiocarbonyl (C=S) groups is 1. The van der Waals surface area contributed by atoms with Crippen molar-refractivity contribution in [3.63, 3.8) is 0 Å². The first-order valence-corrected chi connectivity index (χ1v) is 13.3. The van der Waals surface area contributed by atoms with Crippen LogP contribution in [0.3, 0.4) is 0 Å². The van der Waals surface area contributed by atoms with Crippen molar-refractivity contribution in [3.8, 4) is 11.4 Å². The molecule has 7 heteroatoms. The highest BCUT2D eigenvalue weighted by Crippen LogP contribution is 2.45. The molecule has 2 aromatic heterocycles. The number of hydrogen-bond acceptors (Lipinski definition) is 3. The van der Waals surface area contributed by atoms with Gasteiger partial charge in [-0.15, -0.1) is 0 Å². The normalized spacial score (nSPS) is 17.2. The highest BCUT2D eigenvalue weighted by molar-refractivity contribution is 7.80. The molecule has 2 atom stereocenters. The summed E-state index contributed by atoms with van der Waals surface area (Å²) in [5, 5.41) is 4.73. The summed E-state index contributed by atoms with van der Waals surface area (Å²) in [6, 6.07) is 20.4. The van der Waals surface area contributed by atoms with E-state index in [1.54, 1.807) is 7.11 Å². The van der Waals surface area contributed by atoms with Crippen LogP contribution in [0.2, 0.25) is 5.02 Å². The fourth-order valence-electron chi connectivity index (χ4n) is 5.51. The van der Waals surface area contributed by atoms with E-state index in [4.69, 9.17) is 33.5 Å². The number of nitrogens with one attached hydrogen (secondary N) is 1. The predicted octanol–water partition coefficient (Wildman–Crippen LogP) is 7.20. The Morgan fingerprint density at radius 3 is 2.54 bits per heavy atom. The van der Waals surface area contributed by atoms with Crippen molar-refractivity contribution < 1.29 is 4.74 Å². The molecule has 0 unspecified atom stereocenters. The van der Waals surface area contributed by atoms with Gasteiger partial charge in [-0.05, 0) is 92.5 Å². The second-order valence-electron chi connectivity index (χ2n) is 9.41. The molecule has 2 aromatic carbocycles. The van der Waals surface area contributed by atoms with Crippen LogP contribution in [0.1, 0.15) is 52.8 Å². The quantitative estimate of drug-likeness (QED) is 0.267. The van der Waals surface area contributed by atoms with Crippen LogP contribution in [-0.4, -0.2) is 21.8 Å². The summed E-state index contributed by atoms with van der Waals surface area (Å²) in [5.41, 5.74) is 9.24. The van der Waals surface area contributed by atoms with Crippen LogP contribution in [-0.2, 0) is 6.42 Å². The van der Waals surface area contributed by atoms with Crippen LogP contribution in [0.4, 0.5) is 5.69 Å². The van der Waals surface area contributed by atoms with E-state index in [1.807, 2.05) is 42.6 Å². The van der Waals surface area contributed by atoms with E-state index in [1.165, 1.54) is 33.8 Å². The summed E-state index contributed by atoms with van der Waals surface area (Å²) in [4.78, 5) is 6.86. The summed E-state index contributed by atoms with van der Waals surface area (Å²) in [7, 11) is 1.62. The molecule has 1 N–H and O–H groups in total. The van der Waals surface area contributed by atoms with E-state index in [0.29, 0.717) is 15.9 Å². The average molecular weight is 531 g/mol. The van der Waals surface area contributed by atoms with Crippen LogP contribution < -0.4 is 15.0 Å². The summed E-state index contributed by atoms with van der Waals surface area (Å²) in [6.45, 7) is 8.76. The van der Waals surface area contributed by atoms with Crippen molar-refractivity contribution in [1.29, 1.82) is 0 Å². The highest BCUT2D eigenvalue weighted by Gasteiger charge is 2.42. The SMILES string of the molecule is CCc1cccc(C)c1-n1c(C)cc([C@H]2[C@H](c3ccccn3)NC(=S)N2c2ccc(OC)c(Cl)c2)c1C. The lowest BCUT2D eigenvalue weighted by Gasteiger charge is -2.28. The molecule has 190 valence electrons. The molecule has 0 amide bonds. The van der Waals surface area contributed by atoms with Crippen molar-refractivity contribution in [2.75, 3.05) is 12.0 Å². The lowest BCUT2D eigenvalue weighted by atomic mass is 9.96. The number of hydrogen-bond donors (Lipinski definition) is 1. The number of anilines is 1. The second-order valence-corrected chi connectivity index (χ2v) is 10.2. The van der Waals surface area contributed by atoms with Gasteiger partial charge in [0.2, 0.25) is 0 Å². The van der Waals surface area contributed by atoms with E-state index < -0.39 is 0 Å². The number of halogens is 1. The summed E-state index contributed by atoms with van der Waals surface area (Å²) in [6.07, 6.45) is 2.79. The van der Waals surface area contributed by atoms with Crippen molar-refractivity contribution in [2.24, 2.45) is 0 Å². The largest absolute Gasteiger partial charge is 0.495 e. The maximum absolute atomic E-state index is 6.56. The first-order valence-electron chi connectivity index (χ1n) is 12.5. The number of benzene rings is 2. The number of methoxy groups -OCH3 is 1. The first kappa shape index (κ1) is 25.3. The van der Waals surface area contributed by atoms with Crippen molar-refractivity contribution in [3.05, 3.63) is 106 Å². The fourth-order valence-corrected chi connectivity index (χ4v) is 6.11. The van der Waals surface area contributed by atoms with Gasteiger partial charge in [0.1, 0.15) is 5.75 Å². The van der Waals surface area contributed by atoms with E-state index in [0.717, 1.165) is 17.8 Å². The predicted molar refractivity (Wildman–Crippen MR) is 155 cm³/mol. The van der Waals surface area contributed by atoms with E-state index in [9.17, 15) is 0 Å². The maximum Gasteiger partial charge on any atom is 0.174 e. The van der Waals surface area contributed by atoms with Gasteiger partial charge in [0.25, 0.3) is 0 Å². The Kier molecular flexibility index (Phi) is 6.97. The molecule has 1 fully saturated rings. The molecule has 0 spiro atoms. The Balaban J connectivity index is 1.71. The van der Waals surface area contributed by atoms with E-state index >= 15 is 0 Å². The number of aromatic nitrogens is 2. The molecule has 1 aliphatic heterocycles. The highest BCUT2D eigenvalue weighted by atomic mass is 35.5. The Morgan fingerprint density at radius 2 is 1.86 bits per heavy atom. The van der Waals surface area contributed by atoms with Crippen LogP contribution in [0.5, 0.6) is 5.75 Å². The summed E-state index contributed by atoms with van der Waals surface area (Å²) >= 11 is 12.5. The standard InChI is InChI=1S/C30H31ClN4OS/c1-6-21-11-9-10-18(2)28(21)34-19(3)16-23(20(34)4)29-27(25-12-7-8-15-32-25)33-30(37)35(29)22-13-14-26(36-5)24(31)17-22/h7-17,27,29H,6H2,1-5H3,(H,33,37)/t27-,29-/m0/s1.